The Labute approximate surface area is 214 Å². The van der Waals surface area contributed by atoms with Crippen LogP contribution in [-0.2, 0) is 6.42 Å². The van der Waals surface area contributed by atoms with Crippen molar-refractivity contribution >= 4 is 36.6 Å². The summed E-state index contributed by atoms with van der Waals surface area (Å²) in [4.78, 5) is 6.24. The van der Waals surface area contributed by atoms with Crippen LogP contribution in [-0.4, -0.2) is 73.2 Å². The Morgan fingerprint density at radius 3 is 2.78 bits per heavy atom. The number of alkyl halides is 4. The fourth-order valence-corrected chi connectivity index (χ4v) is 5.79. The second-order valence-corrected chi connectivity index (χ2v) is 11.1. The van der Waals surface area contributed by atoms with Gasteiger partial charge in [0.2, 0.25) is 0 Å². The Balaban J connectivity index is 1.62. The van der Waals surface area contributed by atoms with E-state index in [1.54, 1.807) is 6.07 Å². The number of aromatic nitrogens is 2. The molecule has 1 aromatic carbocycles. The number of nitrogens with zero attached hydrogens (tertiary/aromatic N) is 3. The van der Waals surface area contributed by atoms with Gasteiger partial charge in [-0.2, -0.15) is 0 Å². The van der Waals surface area contributed by atoms with Crippen LogP contribution < -0.4 is 15.2 Å². The van der Waals surface area contributed by atoms with Crippen molar-refractivity contribution < 1.29 is 17.6 Å². The van der Waals surface area contributed by atoms with E-state index < -0.39 is 32.2 Å². The number of hydrogen-bond acceptors (Lipinski definition) is 4. The predicted molar refractivity (Wildman–Crippen MR) is 137 cm³/mol. The molecule has 0 spiro atoms. The summed E-state index contributed by atoms with van der Waals surface area (Å²) in [5.74, 6) is 6.29. The van der Waals surface area contributed by atoms with Crippen molar-refractivity contribution in [2.24, 2.45) is 0 Å². The zero-order valence-corrected chi connectivity index (χ0v) is 22.1. The van der Waals surface area contributed by atoms with Gasteiger partial charge in [-0.15, -0.1) is 0 Å². The van der Waals surface area contributed by atoms with Gasteiger partial charge in [0.25, 0.3) is 0 Å². The van der Waals surface area contributed by atoms with E-state index in [1.807, 2.05) is 31.0 Å². The summed E-state index contributed by atoms with van der Waals surface area (Å²) in [7, 11) is 1.86. The molecule has 2 atom stereocenters. The summed E-state index contributed by atoms with van der Waals surface area (Å²) in [5, 5.41) is 2.07. The number of nitrogens with one attached hydrogen (secondary N) is 2. The van der Waals surface area contributed by atoms with Crippen molar-refractivity contribution in [3.05, 3.63) is 53.3 Å². The molecule has 2 N–H and O–H groups in total. The number of piperidine rings is 1. The number of aryl methyl sites for hydroxylation is 2. The van der Waals surface area contributed by atoms with E-state index in [1.165, 1.54) is 16.8 Å². The molecule has 0 bridgehead atoms. The van der Waals surface area contributed by atoms with Crippen LogP contribution in [0.2, 0.25) is 0 Å². The van der Waals surface area contributed by atoms with Crippen LogP contribution in [0, 0.1) is 18.8 Å². The summed E-state index contributed by atoms with van der Waals surface area (Å²) < 4.78 is 56.7. The van der Waals surface area contributed by atoms with E-state index in [9.17, 15) is 17.6 Å². The van der Waals surface area contributed by atoms with Crippen molar-refractivity contribution in [2.45, 2.75) is 44.0 Å². The van der Waals surface area contributed by atoms with E-state index in [0.29, 0.717) is 36.4 Å². The molecule has 2 unspecified atom stereocenters. The van der Waals surface area contributed by atoms with Crippen molar-refractivity contribution in [1.29, 1.82) is 0 Å². The van der Waals surface area contributed by atoms with Gasteiger partial charge in [-0.05, 0) is 0 Å². The van der Waals surface area contributed by atoms with Gasteiger partial charge in [-0.1, -0.05) is 0 Å². The zero-order chi connectivity index (χ0) is 25.9. The second kappa shape index (κ2) is 11.1. The molecule has 1 saturated heterocycles. The van der Waals surface area contributed by atoms with Crippen LogP contribution in [0.4, 0.5) is 29.1 Å². The minimum atomic E-state index is -4.34. The number of benzene rings is 1. The van der Waals surface area contributed by atoms with Gasteiger partial charge >= 0.3 is 215 Å². The van der Waals surface area contributed by atoms with Gasteiger partial charge in [0, 0.05) is 0 Å². The van der Waals surface area contributed by atoms with Gasteiger partial charge in [-0.25, -0.2) is 0 Å². The number of hydrogen-bond donors (Lipinski definition) is 2. The molecule has 0 amide bonds. The number of fused-ring (bicyclic) bond motifs is 1. The monoisotopic (exact) mass is 567 g/mol. The van der Waals surface area contributed by atoms with E-state index in [4.69, 9.17) is 0 Å². The molecule has 1 aliphatic heterocycles. The molecule has 36 heavy (non-hydrogen) atoms. The molecule has 3 heterocycles. The van der Waals surface area contributed by atoms with Crippen LogP contribution in [0.25, 0.3) is 5.52 Å². The number of halogens is 4. The Morgan fingerprint density at radius 1 is 1.25 bits per heavy atom. The summed E-state index contributed by atoms with van der Waals surface area (Å²) in [6.07, 6.45) is 3.29. The maximum atomic E-state index is 14.6. The molecular formula is C26H29F4N5Se. The summed E-state index contributed by atoms with van der Waals surface area (Å²) in [5.41, 5.74) is 4.02. The minimum absolute atomic E-state index is 0.105. The maximum absolute atomic E-state index is 14.6. The van der Waals surface area contributed by atoms with E-state index in [2.05, 4.69) is 40.4 Å². The first-order chi connectivity index (χ1) is 17.1. The van der Waals surface area contributed by atoms with E-state index in [0.717, 1.165) is 29.8 Å². The number of rotatable bonds is 6. The molecule has 0 saturated carbocycles. The standard InChI is InChI=1S/C26H29F4N5Se/c1-4-18-8-7-17(2)14-22(18)31-10-5-6-19-15-23-24(33-21-9-12-34(3)16-20(21)27)32-11-13-35(23)25(19)36-26(28,29)30/h7-8,11,13-15,20-21,31H,4,9-10,12,16H2,1-3H3,(H,32,33). The normalized spacial score (nSPS) is 18.6. The Morgan fingerprint density at radius 2 is 2.06 bits per heavy atom. The SMILES string of the molecule is CCc1ccc(C)cc1NCC#Cc1cc2c(NC3CCN(C)CC3F)nccn2c1[Se]C(F)(F)F. The average Bonchev–Trinajstić information content (AvgIpc) is 3.15. The molecule has 5 nitrogen and oxygen atoms in total. The number of likely N-dealkylation sites (tertiary alicyclic amines) is 1. The first-order valence-electron chi connectivity index (χ1n) is 11.8. The Bertz CT molecular complexity index is 1280. The van der Waals surface area contributed by atoms with Crippen LogP contribution in [0.1, 0.15) is 30.0 Å². The molecular weight excluding hydrogens is 537 g/mol. The first-order valence-corrected chi connectivity index (χ1v) is 13.5. The van der Waals surface area contributed by atoms with Gasteiger partial charge in [0.15, 0.2) is 0 Å². The Hall–Kier alpha value is -2.73. The quantitative estimate of drug-likeness (QED) is 0.270. The molecule has 192 valence electrons. The topological polar surface area (TPSA) is 44.6 Å². The summed E-state index contributed by atoms with van der Waals surface area (Å²) >= 11 is -1.81. The molecule has 0 radical (unpaired) electrons. The van der Waals surface area contributed by atoms with E-state index >= 15 is 0 Å². The van der Waals surface area contributed by atoms with Gasteiger partial charge < -0.3 is 0 Å². The molecule has 3 aromatic rings. The van der Waals surface area contributed by atoms with Gasteiger partial charge in [0.1, 0.15) is 0 Å². The summed E-state index contributed by atoms with van der Waals surface area (Å²) in [6, 6.07) is 7.31. The van der Waals surface area contributed by atoms with Crippen molar-refractivity contribution in [3.8, 4) is 11.8 Å². The third kappa shape index (κ3) is 6.33. The number of anilines is 2. The van der Waals surface area contributed by atoms with Crippen molar-refractivity contribution in [2.75, 3.05) is 37.3 Å². The Kier molecular flexibility index (Phi) is 8.13. The molecule has 1 aliphatic rings. The molecule has 2 aromatic heterocycles. The van der Waals surface area contributed by atoms with Crippen LogP contribution in [0.3, 0.4) is 0 Å². The van der Waals surface area contributed by atoms with Crippen molar-refractivity contribution in [1.82, 2.24) is 14.3 Å². The fourth-order valence-electron chi connectivity index (χ4n) is 4.33. The predicted octanol–water partition coefficient (Wildman–Crippen LogP) is 3.97. The van der Waals surface area contributed by atoms with Crippen LogP contribution >= 0.6 is 0 Å². The average molecular weight is 567 g/mol. The van der Waals surface area contributed by atoms with Gasteiger partial charge in [-0.3, -0.25) is 0 Å². The molecule has 4 rings (SSSR count). The van der Waals surface area contributed by atoms with Crippen molar-refractivity contribution in [3.63, 3.8) is 0 Å². The summed E-state index contributed by atoms with van der Waals surface area (Å²) in [6.45, 7) is 5.40. The first kappa shape index (κ1) is 26.3. The zero-order valence-electron chi connectivity index (χ0n) is 20.4. The second-order valence-electron chi connectivity index (χ2n) is 8.93. The third-order valence-electron chi connectivity index (χ3n) is 6.17. The molecule has 1 fully saturated rings. The third-order valence-corrected chi connectivity index (χ3v) is 7.93. The van der Waals surface area contributed by atoms with E-state index in [-0.39, 0.29) is 4.59 Å². The molecule has 0 aliphatic carbocycles. The fraction of sp³-hybridized carbons (Fsp3) is 0.423. The van der Waals surface area contributed by atoms with Crippen LogP contribution in [0.15, 0.2) is 36.7 Å². The molecule has 10 heteroatoms. The van der Waals surface area contributed by atoms with Gasteiger partial charge in [0.05, 0.1) is 0 Å². The van der Waals surface area contributed by atoms with Crippen LogP contribution in [0.5, 0.6) is 0 Å².